The van der Waals surface area contributed by atoms with Gasteiger partial charge in [0.2, 0.25) is 0 Å². The van der Waals surface area contributed by atoms with Crippen molar-refractivity contribution >= 4 is 11.3 Å². The van der Waals surface area contributed by atoms with E-state index in [1.807, 2.05) is 0 Å². The topological polar surface area (TPSA) is 21.3 Å². The van der Waals surface area contributed by atoms with Crippen molar-refractivity contribution in [2.45, 2.75) is 25.3 Å². The Bertz CT molecular complexity index is 267. The van der Waals surface area contributed by atoms with Crippen LogP contribution in [0.25, 0.3) is 0 Å². The van der Waals surface area contributed by atoms with Crippen molar-refractivity contribution in [3.8, 4) is 0 Å². The Morgan fingerprint density at radius 3 is 3.20 bits per heavy atom. The Morgan fingerprint density at radius 1 is 1.67 bits per heavy atom. The van der Waals surface area contributed by atoms with E-state index in [1.165, 1.54) is 18.4 Å². The summed E-state index contributed by atoms with van der Waals surface area (Å²) < 4.78 is 5.41. The Balaban J connectivity index is 1.81. The van der Waals surface area contributed by atoms with E-state index in [2.05, 4.69) is 29.2 Å². The van der Waals surface area contributed by atoms with Crippen LogP contribution in [0.2, 0.25) is 0 Å². The molecule has 2 heterocycles. The summed E-state index contributed by atoms with van der Waals surface area (Å²) in [6.45, 7) is 1.92. The number of hydrogen-bond acceptors (Lipinski definition) is 3. The molecule has 1 fully saturated rings. The van der Waals surface area contributed by atoms with E-state index in [0.717, 1.165) is 25.6 Å². The van der Waals surface area contributed by atoms with Crippen LogP contribution in [-0.2, 0) is 11.2 Å². The maximum atomic E-state index is 5.41. The minimum Gasteiger partial charge on any atom is -0.381 e. The van der Waals surface area contributed by atoms with Crippen molar-refractivity contribution in [3.63, 3.8) is 0 Å². The molecule has 2 atom stereocenters. The molecule has 0 radical (unpaired) electrons. The van der Waals surface area contributed by atoms with Gasteiger partial charge in [0.1, 0.15) is 0 Å². The first-order chi connectivity index (χ1) is 7.38. The van der Waals surface area contributed by atoms with Crippen LogP contribution in [0.15, 0.2) is 16.8 Å². The number of hydrogen-bond donors (Lipinski definition) is 1. The SMILES string of the molecule is CNC(Cc1ccsc1)CC1CCOC1. The Hall–Kier alpha value is -0.380. The van der Waals surface area contributed by atoms with Crippen LogP contribution in [-0.4, -0.2) is 26.3 Å². The smallest absolute Gasteiger partial charge is 0.0495 e. The van der Waals surface area contributed by atoms with Crippen LogP contribution in [0.1, 0.15) is 18.4 Å². The number of nitrogens with one attached hydrogen (secondary N) is 1. The van der Waals surface area contributed by atoms with Gasteiger partial charge >= 0.3 is 0 Å². The minimum absolute atomic E-state index is 0.603. The van der Waals surface area contributed by atoms with Gasteiger partial charge in [-0.2, -0.15) is 11.3 Å². The zero-order chi connectivity index (χ0) is 10.5. The molecule has 2 nitrogen and oxygen atoms in total. The van der Waals surface area contributed by atoms with Gasteiger partial charge in [-0.05, 0) is 54.6 Å². The molecule has 1 saturated heterocycles. The van der Waals surface area contributed by atoms with Gasteiger partial charge < -0.3 is 10.1 Å². The van der Waals surface area contributed by atoms with E-state index in [-0.39, 0.29) is 0 Å². The summed E-state index contributed by atoms with van der Waals surface area (Å²) in [4.78, 5) is 0. The first-order valence-electron chi connectivity index (χ1n) is 5.64. The molecular formula is C12H19NOS. The van der Waals surface area contributed by atoms with Gasteiger partial charge in [0.05, 0.1) is 0 Å². The Kier molecular flexibility index (Phi) is 4.18. The highest BCUT2D eigenvalue weighted by molar-refractivity contribution is 7.07. The van der Waals surface area contributed by atoms with Crippen LogP contribution in [0.5, 0.6) is 0 Å². The number of rotatable bonds is 5. The predicted octanol–water partition coefficient (Wildman–Crippen LogP) is 2.31. The monoisotopic (exact) mass is 225 g/mol. The third-order valence-corrected chi connectivity index (χ3v) is 3.84. The van der Waals surface area contributed by atoms with Crippen molar-refractivity contribution in [1.82, 2.24) is 5.32 Å². The Labute approximate surface area is 95.6 Å². The van der Waals surface area contributed by atoms with Crippen LogP contribution in [0.3, 0.4) is 0 Å². The fourth-order valence-corrected chi connectivity index (χ4v) is 2.85. The predicted molar refractivity (Wildman–Crippen MR) is 64.4 cm³/mol. The third kappa shape index (κ3) is 3.30. The summed E-state index contributed by atoms with van der Waals surface area (Å²) in [6.07, 6.45) is 3.63. The molecule has 0 saturated carbocycles. The van der Waals surface area contributed by atoms with E-state index < -0.39 is 0 Å². The van der Waals surface area contributed by atoms with Gasteiger partial charge in [-0.15, -0.1) is 0 Å². The van der Waals surface area contributed by atoms with Crippen LogP contribution < -0.4 is 5.32 Å². The van der Waals surface area contributed by atoms with Crippen molar-refractivity contribution in [3.05, 3.63) is 22.4 Å². The van der Waals surface area contributed by atoms with Gasteiger partial charge in [0.25, 0.3) is 0 Å². The standard InChI is InChI=1S/C12H19NOS/c1-13-12(6-10-2-4-14-8-10)7-11-3-5-15-9-11/h3,5,9-10,12-13H,2,4,6-8H2,1H3. The fourth-order valence-electron chi connectivity index (χ4n) is 2.17. The third-order valence-electron chi connectivity index (χ3n) is 3.11. The molecule has 2 unspecified atom stereocenters. The van der Waals surface area contributed by atoms with E-state index in [0.29, 0.717) is 6.04 Å². The number of likely N-dealkylation sites (N-methyl/N-ethyl adjacent to an activating group) is 1. The minimum atomic E-state index is 0.603. The first kappa shape index (κ1) is 11.1. The largest absolute Gasteiger partial charge is 0.381 e. The highest BCUT2D eigenvalue weighted by atomic mass is 32.1. The van der Waals surface area contributed by atoms with E-state index in [1.54, 1.807) is 11.3 Å². The molecule has 0 bridgehead atoms. The van der Waals surface area contributed by atoms with Crippen LogP contribution >= 0.6 is 11.3 Å². The van der Waals surface area contributed by atoms with Gasteiger partial charge in [0.15, 0.2) is 0 Å². The summed E-state index contributed by atoms with van der Waals surface area (Å²) in [6, 6.07) is 2.83. The van der Waals surface area contributed by atoms with Crippen molar-refractivity contribution < 1.29 is 4.74 Å². The average Bonchev–Trinajstić information content (AvgIpc) is 2.89. The summed E-state index contributed by atoms with van der Waals surface area (Å²) >= 11 is 1.78. The second kappa shape index (κ2) is 5.64. The maximum Gasteiger partial charge on any atom is 0.0495 e. The Morgan fingerprint density at radius 2 is 2.60 bits per heavy atom. The molecule has 1 aromatic heterocycles. The molecule has 3 heteroatoms. The molecule has 0 aromatic carbocycles. The molecule has 1 aromatic rings. The zero-order valence-electron chi connectivity index (χ0n) is 9.24. The summed E-state index contributed by atoms with van der Waals surface area (Å²) in [7, 11) is 2.06. The van der Waals surface area contributed by atoms with Gasteiger partial charge in [-0.1, -0.05) is 0 Å². The average molecular weight is 225 g/mol. The molecule has 1 N–H and O–H groups in total. The molecule has 0 spiro atoms. The lowest BCUT2D eigenvalue weighted by Crippen LogP contribution is -2.30. The fraction of sp³-hybridized carbons (Fsp3) is 0.667. The number of thiophene rings is 1. The second-order valence-corrected chi connectivity index (χ2v) is 5.07. The highest BCUT2D eigenvalue weighted by Crippen LogP contribution is 2.20. The lowest BCUT2D eigenvalue weighted by atomic mass is 9.95. The molecule has 1 aliphatic rings. The van der Waals surface area contributed by atoms with Crippen LogP contribution in [0, 0.1) is 5.92 Å². The maximum absolute atomic E-state index is 5.41. The van der Waals surface area contributed by atoms with E-state index >= 15 is 0 Å². The lowest BCUT2D eigenvalue weighted by molar-refractivity contribution is 0.181. The van der Waals surface area contributed by atoms with Gasteiger partial charge in [0, 0.05) is 19.3 Å². The summed E-state index contributed by atoms with van der Waals surface area (Å²) in [5, 5.41) is 7.82. The van der Waals surface area contributed by atoms with Crippen molar-refractivity contribution in [2.75, 3.05) is 20.3 Å². The zero-order valence-corrected chi connectivity index (χ0v) is 10.1. The first-order valence-corrected chi connectivity index (χ1v) is 6.59. The van der Waals surface area contributed by atoms with Crippen molar-refractivity contribution in [1.29, 1.82) is 0 Å². The summed E-state index contributed by atoms with van der Waals surface area (Å²) in [5.41, 5.74) is 1.46. The second-order valence-electron chi connectivity index (χ2n) is 4.29. The molecule has 1 aliphatic heterocycles. The molecule has 84 valence electrons. The molecule has 0 amide bonds. The lowest BCUT2D eigenvalue weighted by Gasteiger charge is -2.18. The molecule has 2 rings (SSSR count). The summed E-state index contributed by atoms with van der Waals surface area (Å²) in [5.74, 6) is 0.765. The molecular weight excluding hydrogens is 206 g/mol. The van der Waals surface area contributed by atoms with Crippen molar-refractivity contribution in [2.24, 2.45) is 5.92 Å². The quantitative estimate of drug-likeness (QED) is 0.830. The van der Waals surface area contributed by atoms with Gasteiger partial charge in [-0.25, -0.2) is 0 Å². The van der Waals surface area contributed by atoms with Gasteiger partial charge in [-0.3, -0.25) is 0 Å². The van der Waals surface area contributed by atoms with Crippen LogP contribution in [0.4, 0.5) is 0 Å². The van der Waals surface area contributed by atoms with E-state index in [4.69, 9.17) is 4.74 Å². The normalized spacial score (nSPS) is 23.1. The molecule has 0 aliphatic carbocycles. The number of ether oxygens (including phenoxy) is 1. The molecule has 15 heavy (non-hydrogen) atoms. The van der Waals surface area contributed by atoms with E-state index in [9.17, 15) is 0 Å². The highest BCUT2D eigenvalue weighted by Gasteiger charge is 2.20.